The second kappa shape index (κ2) is 8.90. The van der Waals surface area contributed by atoms with E-state index >= 15 is 0 Å². The van der Waals surface area contributed by atoms with E-state index in [2.05, 4.69) is 15.4 Å². The molecule has 7 nitrogen and oxygen atoms in total. The van der Waals surface area contributed by atoms with Gasteiger partial charge in [0.25, 0.3) is 5.91 Å². The molecule has 2 amide bonds. The molecular weight excluding hydrogens is 409 g/mol. The summed E-state index contributed by atoms with van der Waals surface area (Å²) in [6.07, 6.45) is 2.23. The smallest absolute Gasteiger partial charge is 0.251 e. The third-order valence-corrected chi connectivity index (χ3v) is 5.66. The van der Waals surface area contributed by atoms with Gasteiger partial charge in [-0.15, -0.1) is 0 Å². The first kappa shape index (κ1) is 21.7. The van der Waals surface area contributed by atoms with Crippen LogP contribution in [0.5, 0.6) is 0 Å². The van der Waals surface area contributed by atoms with Crippen molar-refractivity contribution in [2.45, 2.75) is 39.2 Å². The lowest BCUT2D eigenvalue weighted by molar-refractivity contribution is -0.116. The Hall–Kier alpha value is -3.55. The quantitative estimate of drug-likeness (QED) is 0.643. The minimum atomic E-state index is -0.290. The van der Waals surface area contributed by atoms with Crippen molar-refractivity contribution in [2.24, 2.45) is 0 Å². The highest BCUT2D eigenvalue weighted by Crippen LogP contribution is 2.39. The second-order valence-electron chi connectivity index (χ2n) is 8.27. The van der Waals surface area contributed by atoms with Gasteiger partial charge in [-0.05, 0) is 61.7 Å². The third-order valence-electron chi connectivity index (χ3n) is 5.66. The fraction of sp³-hybridized carbons (Fsp3) is 0.333. The number of carbonyl (C=O) groups excluding carboxylic acids is 2. The number of carbonyl (C=O) groups is 2. The Morgan fingerprint density at radius 2 is 2.03 bits per heavy atom. The number of amides is 2. The number of aromatic nitrogens is 3. The van der Waals surface area contributed by atoms with Gasteiger partial charge < -0.3 is 10.2 Å². The summed E-state index contributed by atoms with van der Waals surface area (Å²) in [5.41, 5.74) is 2.96. The summed E-state index contributed by atoms with van der Waals surface area (Å²) in [5, 5.41) is 7.47. The Morgan fingerprint density at radius 1 is 1.22 bits per heavy atom. The van der Waals surface area contributed by atoms with Gasteiger partial charge in [-0.2, -0.15) is 5.10 Å². The maximum atomic E-state index is 13.3. The number of hydrogen-bond acceptors (Lipinski definition) is 4. The molecule has 1 N–H and O–H groups in total. The molecule has 0 unspecified atom stereocenters. The van der Waals surface area contributed by atoms with Gasteiger partial charge >= 0.3 is 0 Å². The van der Waals surface area contributed by atoms with E-state index in [9.17, 15) is 14.0 Å². The lowest BCUT2D eigenvalue weighted by atomic mass is 9.98. The van der Waals surface area contributed by atoms with Crippen molar-refractivity contribution in [1.82, 2.24) is 20.1 Å². The summed E-state index contributed by atoms with van der Waals surface area (Å²) < 4.78 is 15.1. The average molecular weight is 436 g/mol. The van der Waals surface area contributed by atoms with Gasteiger partial charge in [-0.3, -0.25) is 14.3 Å². The fourth-order valence-corrected chi connectivity index (χ4v) is 3.93. The van der Waals surface area contributed by atoms with Gasteiger partial charge in [0, 0.05) is 37.3 Å². The molecule has 0 spiro atoms. The maximum absolute atomic E-state index is 13.3. The molecule has 0 saturated carbocycles. The fourth-order valence-electron chi connectivity index (χ4n) is 3.93. The SMILES string of the molecule is CC(=O)N1C[C@H](c2ncn(C(C)C)n2)c2cc(C(=O)NCCc3cccc(F)c3)ccc21. The number of fused-ring (bicyclic) bond motifs is 1. The van der Waals surface area contributed by atoms with E-state index < -0.39 is 0 Å². The highest BCUT2D eigenvalue weighted by Gasteiger charge is 2.35. The lowest BCUT2D eigenvalue weighted by Crippen LogP contribution is -2.27. The molecule has 1 atom stereocenters. The molecule has 0 saturated heterocycles. The van der Waals surface area contributed by atoms with E-state index in [0.717, 1.165) is 16.8 Å². The van der Waals surface area contributed by atoms with Crippen LogP contribution in [-0.4, -0.2) is 39.7 Å². The van der Waals surface area contributed by atoms with Gasteiger partial charge in [0.2, 0.25) is 5.91 Å². The van der Waals surface area contributed by atoms with Gasteiger partial charge in [0.1, 0.15) is 12.1 Å². The Morgan fingerprint density at radius 3 is 2.72 bits per heavy atom. The van der Waals surface area contributed by atoms with Gasteiger partial charge in [0.05, 0.1) is 5.92 Å². The Labute approximate surface area is 186 Å². The maximum Gasteiger partial charge on any atom is 0.251 e. The van der Waals surface area contributed by atoms with Crippen LogP contribution < -0.4 is 10.2 Å². The molecule has 32 heavy (non-hydrogen) atoms. The first-order chi connectivity index (χ1) is 15.3. The average Bonchev–Trinajstić information content (AvgIpc) is 3.38. The van der Waals surface area contributed by atoms with Crippen LogP contribution in [0.15, 0.2) is 48.8 Å². The zero-order chi connectivity index (χ0) is 22.8. The predicted octanol–water partition coefficient (Wildman–Crippen LogP) is 3.47. The van der Waals surface area contributed by atoms with E-state index in [1.54, 1.807) is 34.1 Å². The molecule has 3 aromatic rings. The Kier molecular flexibility index (Phi) is 6.03. The summed E-state index contributed by atoms with van der Waals surface area (Å²) >= 11 is 0. The van der Waals surface area contributed by atoms with Crippen molar-refractivity contribution in [3.05, 3.63) is 77.1 Å². The van der Waals surface area contributed by atoms with Crippen LogP contribution in [0.3, 0.4) is 0 Å². The largest absolute Gasteiger partial charge is 0.352 e. The van der Waals surface area contributed by atoms with Crippen LogP contribution in [0.25, 0.3) is 0 Å². The first-order valence-electron chi connectivity index (χ1n) is 10.7. The molecule has 1 aromatic heterocycles. The zero-order valence-corrected chi connectivity index (χ0v) is 18.4. The first-order valence-corrected chi connectivity index (χ1v) is 10.7. The number of rotatable bonds is 6. The van der Waals surface area contributed by atoms with Crippen LogP contribution in [0, 0.1) is 5.82 Å². The van der Waals surface area contributed by atoms with E-state index in [4.69, 9.17) is 0 Å². The van der Waals surface area contributed by atoms with Crippen molar-refractivity contribution in [2.75, 3.05) is 18.0 Å². The second-order valence-corrected chi connectivity index (χ2v) is 8.27. The van der Waals surface area contributed by atoms with Crippen molar-refractivity contribution < 1.29 is 14.0 Å². The monoisotopic (exact) mass is 435 g/mol. The number of nitrogens with one attached hydrogen (secondary N) is 1. The summed E-state index contributed by atoms with van der Waals surface area (Å²) in [6.45, 7) is 6.41. The van der Waals surface area contributed by atoms with Crippen molar-refractivity contribution in [3.63, 3.8) is 0 Å². The Balaban J connectivity index is 1.54. The van der Waals surface area contributed by atoms with Crippen molar-refractivity contribution >= 4 is 17.5 Å². The predicted molar refractivity (Wildman–Crippen MR) is 119 cm³/mol. The van der Waals surface area contributed by atoms with Crippen LogP contribution in [0.4, 0.5) is 10.1 Å². The molecule has 2 heterocycles. The van der Waals surface area contributed by atoms with Crippen molar-refractivity contribution in [1.29, 1.82) is 0 Å². The van der Waals surface area contributed by atoms with Crippen LogP contribution in [0.1, 0.15) is 60.0 Å². The van der Waals surface area contributed by atoms with Crippen LogP contribution in [-0.2, 0) is 11.2 Å². The molecule has 166 valence electrons. The van der Waals surface area contributed by atoms with Gasteiger partial charge in [-0.1, -0.05) is 12.1 Å². The zero-order valence-electron chi connectivity index (χ0n) is 18.4. The number of nitrogens with zero attached hydrogens (tertiary/aromatic N) is 4. The summed E-state index contributed by atoms with van der Waals surface area (Å²) in [4.78, 5) is 31.1. The number of halogens is 1. The minimum Gasteiger partial charge on any atom is -0.352 e. The highest BCUT2D eigenvalue weighted by molar-refractivity contribution is 5.98. The summed E-state index contributed by atoms with van der Waals surface area (Å²) in [5.74, 6) is -0.141. The van der Waals surface area contributed by atoms with Crippen LogP contribution >= 0.6 is 0 Å². The molecule has 2 aromatic carbocycles. The normalized spacial score (nSPS) is 15.2. The molecule has 0 fully saturated rings. The number of hydrogen-bond donors (Lipinski definition) is 1. The molecular formula is C24H26FN5O2. The minimum absolute atomic E-state index is 0.0654. The van der Waals surface area contributed by atoms with E-state index in [1.165, 1.54) is 19.1 Å². The molecule has 0 bridgehead atoms. The molecule has 1 aliphatic rings. The third kappa shape index (κ3) is 4.39. The molecule has 4 rings (SSSR count). The number of anilines is 1. The van der Waals surface area contributed by atoms with E-state index in [0.29, 0.717) is 30.9 Å². The van der Waals surface area contributed by atoms with Gasteiger partial charge in [0.15, 0.2) is 5.82 Å². The van der Waals surface area contributed by atoms with E-state index in [1.807, 2.05) is 26.0 Å². The summed E-state index contributed by atoms with van der Waals surface area (Å²) in [7, 11) is 0. The molecule has 8 heteroatoms. The molecule has 0 aliphatic carbocycles. The van der Waals surface area contributed by atoms with Gasteiger partial charge in [-0.25, -0.2) is 9.37 Å². The standard InChI is InChI=1S/C24H26FN5O2/c1-15(2)30-14-27-23(28-30)21-13-29(16(3)31)22-8-7-18(12-20(21)22)24(32)26-10-9-17-5-4-6-19(25)11-17/h4-8,11-12,14-15,21H,9-10,13H2,1-3H3,(H,26,32)/t21-/m0/s1. The lowest BCUT2D eigenvalue weighted by Gasteiger charge is -2.15. The Bertz CT molecular complexity index is 1160. The molecule has 1 aliphatic heterocycles. The molecule has 0 radical (unpaired) electrons. The highest BCUT2D eigenvalue weighted by atomic mass is 19.1. The van der Waals surface area contributed by atoms with E-state index in [-0.39, 0.29) is 29.6 Å². The van der Waals surface area contributed by atoms with Crippen LogP contribution in [0.2, 0.25) is 0 Å². The number of benzene rings is 2. The summed E-state index contributed by atoms with van der Waals surface area (Å²) in [6, 6.07) is 11.9. The van der Waals surface area contributed by atoms with Crippen molar-refractivity contribution in [3.8, 4) is 0 Å². The topological polar surface area (TPSA) is 80.1 Å².